The third kappa shape index (κ3) is 5.68. The minimum absolute atomic E-state index is 0.211. The van der Waals surface area contributed by atoms with E-state index in [0.717, 1.165) is 31.5 Å². The molecule has 2 aromatic rings. The molecular formula is C19H22Cl3NO2. The second-order valence-corrected chi connectivity index (χ2v) is 6.85. The van der Waals surface area contributed by atoms with Crippen LogP contribution in [0.25, 0.3) is 0 Å². The van der Waals surface area contributed by atoms with Crippen LogP contribution in [0.3, 0.4) is 0 Å². The van der Waals surface area contributed by atoms with Crippen molar-refractivity contribution in [1.82, 2.24) is 5.32 Å². The molecule has 0 bridgehead atoms. The van der Waals surface area contributed by atoms with Gasteiger partial charge in [-0.15, -0.1) is 0 Å². The molecule has 0 heterocycles. The number of ether oxygens (including phenoxy) is 2. The summed E-state index contributed by atoms with van der Waals surface area (Å²) in [6.45, 7) is 4.08. The van der Waals surface area contributed by atoms with Gasteiger partial charge in [-0.25, -0.2) is 0 Å². The van der Waals surface area contributed by atoms with Gasteiger partial charge in [0, 0.05) is 22.2 Å². The van der Waals surface area contributed by atoms with Crippen LogP contribution in [-0.2, 0) is 13.2 Å². The van der Waals surface area contributed by atoms with E-state index in [-0.39, 0.29) is 6.61 Å². The summed E-state index contributed by atoms with van der Waals surface area (Å²) in [6, 6.07) is 9.15. The van der Waals surface area contributed by atoms with Crippen LogP contribution in [0, 0.1) is 0 Å². The molecule has 0 spiro atoms. The van der Waals surface area contributed by atoms with E-state index in [0.29, 0.717) is 32.1 Å². The van der Waals surface area contributed by atoms with E-state index in [1.54, 1.807) is 25.3 Å². The highest BCUT2D eigenvalue weighted by molar-refractivity contribution is 6.36. The standard InChI is InChI=1S/C19H22Cl3NO2/c1-3-4-8-23-11-13-9-17(22)19(18(10-13)24-2)25-12-14-15(20)6-5-7-16(14)21/h5-7,9-10,23H,3-4,8,11-12H2,1-2H3. The van der Waals surface area contributed by atoms with Crippen molar-refractivity contribution in [2.24, 2.45) is 0 Å². The van der Waals surface area contributed by atoms with Gasteiger partial charge in [-0.3, -0.25) is 0 Å². The zero-order valence-corrected chi connectivity index (χ0v) is 16.6. The summed E-state index contributed by atoms with van der Waals surface area (Å²) in [5, 5.41) is 4.99. The molecule has 2 aromatic carbocycles. The van der Waals surface area contributed by atoms with Gasteiger partial charge in [-0.2, -0.15) is 0 Å². The van der Waals surface area contributed by atoms with Crippen molar-refractivity contribution in [3.63, 3.8) is 0 Å². The number of nitrogens with one attached hydrogen (secondary N) is 1. The van der Waals surface area contributed by atoms with Crippen LogP contribution < -0.4 is 14.8 Å². The lowest BCUT2D eigenvalue weighted by Gasteiger charge is -2.15. The molecule has 0 aliphatic carbocycles. The van der Waals surface area contributed by atoms with Crippen molar-refractivity contribution in [2.75, 3.05) is 13.7 Å². The third-order valence-corrected chi connectivity index (χ3v) is 4.74. The van der Waals surface area contributed by atoms with E-state index >= 15 is 0 Å². The lowest BCUT2D eigenvalue weighted by molar-refractivity contribution is 0.284. The Labute approximate surface area is 164 Å². The summed E-state index contributed by atoms with van der Waals surface area (Å²) in [5.74, 6) is 1.07. The number of benzene rings is 2. The second kappa shape index (κ2) is 10.1. The lowest BCUT2D eigenvalue weighted by atomic mass is 10.2. The predicted molar refractivity (Wildman–Crippen MR) is 105 cm³/mol. The van der Waals surface area contributed by atoms with Crippen molar-refractivity contribution in [3.8, 4) is 11.5 Å². The fourth-order valence-electron chi connectivity index (χ4n) is 2.36. The maximum Gasteiger partial charge on any atom is 0.180 e. The molecule has 0 aromatic heterocycles. The van der Waals surface area contributed by atoms with E-state index in [1.165, 1.54) is 0 Å². The third-order valence-electron chi connectivity index (χ3n) is 3.75. The summed E-state index contributed by atoms with van der Waals surface area (Å²) in [7, 11) is 1.59. The highest BCUT2D eigenvalue weighted by atomic mass is 35.5. The molecule has 0 saturated carbocycles. The zero-order valence-electron chi connectivity index (χ0n) is 14.4. The molecular weight excluding hydrogens is 381 g/mol. The number of hydrogen-bond acceptors (Lipinski definition) is 3. The SMILES string of the molecule is CCCCNCc1cc(Cl)c(OCc2c(Cl)cccc2Cl)c(OC)c1. The number of methoxy groups -OCH3 is 1. The van der Waals surface area contributed by atoms with Gasteiger partial charge in [0.2, 0.25) is 0 Å². The van der Waals surface area contributed by atoms with Crippen LogP contribution in [0.15, 0.2) is 30.3 Å². The number of unbranched alkanes of at least 4 members (excludes halogenated alkanes) is 1. The van der Waals surface area contributed by atoms with Crippen LogP contribution in [0.5, 0.6) is 11.5 Å². The van der Waals surface area contributed by atoms with E-state index < -0.39 is 0 Å². The monoisotopic (exact) mass is 401 g/mol. The summed E-state index contributed by atoms with van der Waals surface area (Å²) in [5.41, 5.74) is 1.76. The molecule has 3 nitrogen and oxygen atoms in total. The Morgan fingerprint density at radius 2 is 1.76 bits per heavy atom. The second-order valence-electron chi connectivity index (χ2n) is 5.63. The summed E-state index contributed by atoms with van der Waals surface area (Å²) in [4.78, 5) is 0. The van der Waals surface area contributed by atoms with Crippen LogP contribution in [0.2, 0.25) is 15.1 Å². The van der Waals surface area contributed by atoms with Gasteiger partial charge in [-0.1, -0.05) is 54.2 Å². The molecule has 25 heavy (non-hydrogen) atoms. The first kappa shape index (κ1) is 20.2. The Hall–Kier alpha value is -1.13. The van der Waals surface area contributed by atoms with Crippen molar-refractivity contribution in [2.45, 2.75) is 32.9 Å². The Morgan fingerprint density at radius 3 is 2.40 bits per heavy atom. The molecule has 0 atom stereocenters. The normalized spacial score (nSPS) is 10.8. The van der Waals surface area contributed by atoms with Crippen molar-refractivity contribution < 1.29 is 9.47 Å². The van der Waals surface area contributed by atoms with Gasteiger partial charge in [0.25, 0.3) is 0 Å². The largest absolute Gasteiger partial charge is 0.493 e. The molecule has 0 fully saturated rings. The first-order chi connectivity index (χ1) is 12.1. The number of hydrogen-bond donors (Lipinski definition) is 1. The molecule has 0 aliphatic rings. The predicted octanol–water partition coefficient (Wildman–Crippen LogP) is 6.12. The minimum atomic E-state index is 0.211. The first-order valence-corrected chi connectivity index (χ1v) is 9.33. The van der Waals surface area contributed by atoms with Gasteiger partial charge < -0.3 is 14.8 Å². The Balaban J connectivity index is 2.12. The Bertz CT molecular complexity index is 687. The first-order valence-electron chi connectivity index (χ1n) is 8.19. The van der Waals surface area contributed by atoms with Gasteiger partial charge in [0.05, 0.1) is 12.1 Å². The smallest absolute Gasteiger partial charge is 0.180 e. The summed E-state index contributed by atoms with van der Waals surface area (Å²) in [6.07, 6.45) is 2.30. The number of halogens is 3. The number of rotatable bonds is 9. The van der Waals surface area contributed by atoms with E-state index in [2.05, 4.69) is 12.2 Å². The molecule has 136 valence electrons. The fourth-order valence-corrected chi connectivity index (χ4v) is 3.16. The van der Waals surface area contributed by atoms with E-state index in [9.17, 15) is 0 Å². The van der Waals surface area contributed by atoms with Gasteiger partial charge in [0.1, 0.15) is 6.61 Å². The summed E-state index contributed by atoms with van der Waals surface area (Å²) >= 11 is 18.8. The quantitative estimate of drug-likeness (QED) is 0.512. The average molecular weight is 403 g/mol. The maximum absolute atomic E-state index is 6.40. The van der Waals surface area contributed by atoms with Crippen LogP contribution in [-0.4, -0.2) is 13.7 Å². The molecule has 2 rings (SSSR count). The van der Waals surface area contributed by atoms with Gasteiger partial charge >= 0.3 is 0 Å². The van der Waals surface area contributed by atoms with E-state index in [4.69, 9.17) is 44.3 Å². The topological polar surface area (TPSA) is 30.5 Å². The van der Waals surface area contributed by atoms with E-state index in [1.807, 2.05) is 12.1 Å². The van der Waals surface area contributed by atoms with Crippen molar-refractivity contribution in [3.05, 3.63) is 56.5 Å². The molecule has 0 amide bonds. The lowest BCUT2D eigenvalue weighted by Crippen LogP contribution is -2.14. The fraction of sp³-hybridized carbons (Fsp3) is 0.368. The Morgan fingerprint density at radius 1 is 1.04 bits per heavy atom. The highest BCUT2D eigenvalue weighted by Gasteiger charge is 2.14. The minimum Gasteiger partial charge on any atom is -0.493 e. The van der Waals surface area contributed by atoms with Crippen LogP contribution in [0.1, 0.15) is 30.9 Å². The van der Waals surface area contributed by atoms with Gasteiger partial charge in [-0.05, 0) is 42.8 Å². The summed E-state index contributed by atoms with van der Waals surface area (Å²) < 4.78 is 11.3. The molecule has 0 aliphatic heterocycles. The molecule has 0 unspecified atom stereocenters. The zero-order chi connectivity index (χ0) is 18.2. The molecule has 1 N–H and O–H groups in total. The Kier molecular flexibility index (Phi) is 8.17. The highest BCUT2D eigenvalue weighted by Crippen LogP contribution is 2.38. The van der Waals surface area contributed by atoms with Gasteiger partial charge in [0.15, 0.2) is 11.5 Å². The maximum atomic E-state index is 6.40. The van der Waals surface area contributed by atoms with Crippen LogP contribution >= 0.6 is 34.8 Å². The van der Waals surface area contributed by atoms with Crippen molar-refractivity contribution >= 4 is 34.8 Å². The van der Waals surface area contributed by atoms with Crippen LogP contribution in [0.4, 0.5) is 0 Å². The molecule has 6 heteroatoms. The van der Waals surface area contributed by atoms with Crippen molar-refractivity contribution in [1.29, 1.82) is 0 Å². The molecule has 0 saturated heterocycles. The average Bonchev–Trinajstić information content (AvgIpc) is 2.59. The molecule has 0 radical (unpaired) electrons.